The van der Waals surface area contributed by atoms with Gasteiger partial charge in [-0.2, -0.15) is 15.2 Å². The van der Waals surface area contributed by atoms with Crippen molar-refractivity contribution in [2.24, 2.45) is 0 Å². The van der Waals surface area contributed by atoms with E-state index >= 15 is 0 Å². The normalized spacial score (nSPS) is 20.0. The van der Waals surface area contributed by atoms with Crippen molar-refractivity contribution in [1.82, 2.24) is 29.7 Å². The van der Waals surface area contributed by atoms with Gasteiger partial charge >= 0.3 is 6.01 Å². The van der Waals surface area contributed by atoms with Crippen LogP contribution < -0.4 is 20.5 Å². The lowest BCUT2D eigenvalue weighted by molar-refractivity contribution is 0.188. The van der Waals surface area contributed by atoms with Gasteiger partial charge in [-0.05, 0) is 44.8 Å². The third-order valence-corrected chi connectivity index (χ3v) is 7.82. The highest BCUT2D eigenvalue weighted by molar-refractivity contribution is 5.91. The van der Waals surface area contributed by atoms with Crippen LogP contribution in [-0.4, -0.2) is 76.3 Å². The average Bonchev–Trinajstić information content (AvgIpc) is 3.36. The Kier molecular flexibility index (Phi) is 6.85. The number of likely N-dealkylation sites (N-methyl/N-ethyl adjacent to an activating group) is 1. The number of ether oxygens (including phenoxy) is 1. The van der Waals surface area contributed by atoms with Crippen LogP contribution in [0.15, 0.2) is 47.3 Å². The molecule has 10 heteroatoms. The molecule has 0 saturated carbocycles. The molecule has 2 aromatic carbocycles. The molecule has 39 heavy (non-hydrogen) atoms. The molecule has 2 aromatic heterocycles. The lowest BCUT2D eigenvalue weighted by Gasteiger charge is -2.34. The van der Waals surface area contributed by atoms with Gasteiger partial charge in [-0.15, -0.1) is 0 Å². The summed E-state index contributed by atoms with van der Waals surface area (Å²) in [4.78, 5) is 32.9. The van der Waals surface area contributed by atoms with Crippen LogP contribution in [-0.2, 0) is 0 Å². The maximum absolute atomic E-state index is 14.2. The molecule has 2 aliphatic rings. The number of piperazine rings is 1. The summed E-state index contributed by atoms with van der Waals surface area (Å²) >= 11 is 0. The fourth-order valence-corrected chi connectivity index (χ4v) is 5.74. The average molecular weight is 525 g/mol. The monoisotopic (exact) mass is 524 g/mol. The molecular weight excluding hydrogens is 492 g/mol. The van der Waals surface area contributed by atoms with E-state index in [0.29, 0.717) is 49.8 Å². The number of anilines is 1. The van der Waals surface area contributed by atoms with E-state index in [9.17, 15) is 10.1 Å². The number of likely N-dealkylation sites (tertiary alicyclic amines) is 1. The van der Waals surface area contributed by atoms with Gasteiger partial charge in [-0.3, -0.25) is 9.36 Å². The van der Waals surface area contributed by atoms with Crippen molar-refractivity contribution in [3.63, 3.8) is 0 Å². The zero-order valence-corrected chi connectivity index (χ0v) is 22.3. The van der Waals surface area contributed by atoms with Gasteiger partial charge in [0.05, 0.1) is 18.2 Å². The van der Waals surface area contributed by atoms with E-state index in [-0.39, 0.29) is 29.2 Å². The zero-order chi connectivity index (χ0) is 26.9. The van der Waals surface area contributed by atoms with E-state index in [0.717, 1.165) is 35.8 Å². The summed E-state index contributed by atoms with van der Waals surface area (Å²) in [5.41, 5.74) is 1.18. The summed E-state index contributed by atoms with van der Waals surface area (Å²) in [6.07, 6.45) is 2.57. The largest absolute Gasteiger partial charge is 0.462 e. The van der Waals surface area contributed by atoms with E-state index in [2.05, 4.69) is 33.2 Å². The third kappa shape index (κ3) is 4.80. The molecule has 2 saturated heterocycles. The van der Waals surface area contributed by atoms with Gasteiger partial charge in [0.25, 0.3) is 5.56 Å². The minimum atomic E-state index is -0.260. The molecule has 1 N–H and O–H groups in total. The topological polar surface area (TPSA) is 112 Å². The van der Waals surface area contributed by atoms with Gasteiger partial charge in [-0.25, -0.2) is 4.98 Å². The summed E-state index contributed by atoms with van der Waals surface area (Å²) in [6, 6.07) is 16.6. The lowest BCUT2D eigenvalue weighted by Crippen LogP contribution is -2.51. The lowest BCUT2D eigenvalue weighted by atomic mass is 10.1. The fourth-order valence-electron chi connectivity index (χ4n) is 5.74. The highest BCUT2D eigenvalue weighted by Crippen LogP contribution is 2.28. The number of nitriles is 1. The Morgan fingerprint density at radius 1 is 1.10 bits per heavy atom. The number of aromatic nitrogens is 4. The predicted molar refractivity (Wildman–Crippen MR) is 151 cm³/mol. The Bertz CT molecular complexity index is 1620. The van der Waals surface area contributed by atoms with Crippen LogP contribution in [0.5, 0.6) is 6.01 Å². The van der Waals surface area contributed by atoms with E-state index < -0.39 is 0 Å². The molecular formula is C29H32N8O2. The summed E-state index contributed by atoms with van der Waals surface area (Å²) in [6.45, 7) is 5.29. The van der Waals surface area contributed by atoms with Crippen molar-refractivity contribution in [2.75, 3.05) is 44.7 Å². The standard InChI is InChI=1S/C29H32N8O2/c1-19-32-25-26(28(38)37(19)24-11-5-8-20-7-3-4-10-23(20)24)33-29(39-18-22-9-6-15-35(22)2)34-27(25)36-16-14-31-21(17-36)12-13-30/h3-5,7-8,10-11,21-22,31H,6,9,12,14-18H2,1-2H3. The molecule has 2 fully saturated rings. The first-order chi connectivity index (χ1) is 19.0. The first-order valence-electron chi connectivity index (χ1n) is 13.5. The molecule has 4 aromatic rings. The second-order valence-corrected chi connectivity index (χ2v) is 10.4. The molecule has 200 valence electrons. The van der Waals surface area contributed by atoms with Crippen molar-refractivity contribution < 1.29 is 4.74 Å². The first kappa shape index (κ1) is 25.2. The Morgan fingerprint density at radius 3 is 2.77 bits per heavy atom. The minimum absolute atomic E-state index is 0.00224. The molecule has 0 amide bonds. The van der Waals surface area contributed by atoms with Gasteiger partial charge in [0.2, 0.25) is 0 Å². The number of nitrogens with one attached hydrogen (secondary N) is 1. The molecule has 0 bridgehead atoms. The van der Waals surface area contributed by atoms with Crippen LogP contribution in [0.2, 0.25) is 0 Å². The Balaban J connectivity index is 1.50. The highest BCUT2D eigenvalue weighted by Gasteiger charge is 2.27. The fraction of sp³-hybridized carbons (Fsp3) is 0.414. The van der Waals surface area contributed by atoms with Gasteiger partial charge in [-0.1, -0.05) is 36.4 Å². The summed E-state index contributed by atoms with van der Waals surface area (Å²) in [5, 5.41) is 14.6. The molecule has 2 aliphatic heterocycles. The van der Waals surface area contributed by atoms with Crippen molar-refractivity contribution in [3.05, 3.63) is 58.6 Å². The van der Waals surface area contributed by atoms with Crippen molar-refractivity contribution in [2.45, 2.75) is 38.3 Å². The molecule has 0 radical (unpaired) electrons. The molecule has 4 heterocycles. The number of hydrogen-bond acceptors (Lipinski definition) is 9. The summed E-state index contributed by atoms with van der Waals surface area (Å²) in [5.74, 6) is 1.13. The second kappa shape index (κ2) is 10.6. The Hall–Kier alpha value is -4.07. The van der Waals surface area contributed by atoms with Gasteiger partial charge < -0.3 is 19.9 Å². The molecule has 2 unspecified atom stereocenters. The van der Waals surface area contributed by atoms with Crippen LogP contribution in [0.25, 0.3) is 27.5 Å². The van der Waals surface area contributed by atoms with E-state index in [1.54, 1.807) is 4.57 Å². The number of nitrogens with zero attached hydrogens (tertiary/aromatic N) is 7. The quantitative estimate of drug-likeness (QED) is 0.407. The number of fused-ring (bicyclic) bond motifs is 2. The number of benzene rings is 2. The summed E-state index contributed by atoms with van der Waals surface area (Å²) in [7, 11) is 2.10. The highest BCUT2D eigenvalue weighted by atomic mass is 16.5. The SMILES string of the molecule is Cc1nc2c(N3CCNC(CC#N)C3)nc(OCC3CCCN3C)nc2c(=O)n1-c1cccc2ccccc12. The van der Waals surface area contributed by atoms with Gasteiger partial charge in [0, 0.05) is 37.1 Å². The molecule has 6 rings (SSSR count). The smallest absolute Gasteiger partial charge is 0.319 e. The van der Waals surface area contributed by atoms with Gasteiger partial charge in [0.1, 0.15) is 17.9 Å². The number of aryl methyl sites for hydroxylation is 1. The molecule has 0 aliphatic carbocycles. The van der Waals surface area contributed by atoms with Gasteiger partial charge in [0.15, 0.2) is 11.3 Å². The van der Waals surface area contributed by atoms with Crippen LogP contribution >= 0.6 is 0 Å². The first-order valence-corrected chi connectivity index (χ1v) is 13.5. The maximum Gasteiger partial charge on any atom is 0.319 e. The van der Waals surface area contributed by atoms with E-state index in [1.165, 1.54) is 0 Å². The predicted octanol–water partition coefficient (Wildman–Crippen LogP) is 2.80. The van der Waals surface area contributed by atoms with Crippen LogP contribution in [0.4, 0.5) is 5.82 Å². The van der Waals surface area contributed by atoms with Crippen molar-refractivity contribution in [3.8, 4) is 17.8 Å². The third-order valence-electron chi connectivity index (χ3n) is 7.82. The molecule has 10 nitrogen and oxygen atoms in total. The van der Waals surface area contributed by atoms with Crippen molar-refractivity contribution in [1.29, 1.82) is 5.26 Å². The van der Waals surface area contributed by atoms with Crippen LogP contribution in [0.1, 0.15) is 25.1 Å². The second-order valence-electron chi connectivity index (χ2n) is 10.4. The van der Waals surface area contributed by atoms with E-state index in [1.807, 2.05) is 49.4 Å². The van der Waals surface area contributed by atoms with E-state index in [4.69, 9.17) is 14.7 Å². The van der Waals surface area contributed by atoms with Crippen LogP contribution in [0, 0.1) is 18.3 Å². The minimum Gasteiger partial charge on any atom is -0.462 e. The maximum atomic E-state index is 14.2. The molecule has 2 atom stereocenters. The Labute approximate surface area is 226 Å². The van der Waals surface area contributed by atoms with Crippen molar-refractivity contribution >= 4 is 27.6 Å². The summed E-state index contributed by atoms with van der Waals surface area (Å²) < 4.78 is 7.77. The van der Waals surface area contributed by atoms with Crippen LogP contribution in [0.3, 0.4) is 0 Å². The zero-order valence-electron chi connectivity index (χ0n) is 22.3. The Morgan fingerprint density at radius 2 is 1.95 bits per heavy atom. The number of hydrogen-bond donors (Lipinski definition) is 1. The number of rotatable bonds is 6. The molecule has 0 spiro atoms.